The van der Waals surface area contributed by atoms with Crippen LogP contribution in [0.5, 0.6) is 0 Å². The minimum atomic E-state index is 0.214. The van der Waals surface area contributed by atoms with E-state index in [2.05, 4.69) is 78.4 Å². The average molecular weight is 438 g/mol. The van der Waals surface area contributed by atoms with E-state index >= 15 is 0 Å². The summed E-state index contributed by atoms with van der Waals surface area (Å²) in [5, 5.41) is 9.75. The van der Waals surface area contributed by atoms with Crippen LogP contribution in [-0.4, -0.2) is 32.5 Å². The van der Waals surface area contributed by atoms with Crippen molar-refractivity contribution in [3.8, 4) is 0 Å². The number of benzene rings is 1. The number of aryl methyl sites for hydroxylation is 2. The molecule has 0 aromatic heterocycles. The third kappa shape index (κ3) is 10.6. The van der Waals surface area contributed by atoms with Gasteiger partial charge in [0.25, 0.3) is 0 Å². The molecule has 0 saturated carbocycles. The van der Waals surface area contributed by atoms with Crippen molar-refractivity contribution in [1.29, 1.82) is 0 Å². The first-order valence-corrected chi connectivity index (χ1v) is 12.0. The lowest BCUT2D eigenvalue weighted by Crippen LogP contribution is -2.38. The number of nitrogens with one attached hydrogen (secondary N) is 3. The molecule has 176 valence electrons. The second-order valence-electron chi connectivity index (χ2n) is 7.97. The van der Waals surface area contributed by atoms with Gasteiger partial charge in [0, 0.05) is 29.9 Å². The number of carbonyl (C=O) groups excluding carboxylic acids is 1. The van der Waals surface area contributed by atoms with Crippen molar-refractivity contribution >= 4 is 5.78 Å². The van der Waals surface area contributed by atoms with Gasteiger partial charge in [-0.25, -0.2) is 0 Å². The summed E-state index contributed by atoms with van der Waals surface area (Å²) < 4.78 is 0. The topological polar surface area (TPSA) is 53.2 Å². The van der Waals surface area contributed by atoms with Gasteiger partial charge in [-0.2, -0.15) is 0 Å². The molecule has 2 aliphatic rings. The zero-order chi connectivity index (χ0) is 23.8. The van der Waals surface area contributed by atoms with Crippen molar-refractivity contribution in [2.24, 2.45) is 0 Å². The van der Waals surface area contributed by atoms with Gasteiger partial charge in [-0.1, -0.05) is 68.3 Å². The van der Waals surface area contributed by atoms with Gasteiger partial charge in [0.1, 0.15) is 0 Å². The summed E-state index contributed by atoms with van der Waals surface area (Å²) in [5.74, 6) is 0.220. The first-order valence-electron chi connectivity index (χ1n) is 12.0. The van der Waals surface area contributed by atoms with Crippen LogP contribution in [0.4, 0.5) is 0 Å². The molecule has 4 heteroatoms. The molecular formula is C28H43N3O. The molecule has 1 aromatic carbocycles. The van der Waals surface area contributed by atoms with Crippen molar-refractivity contribution < 1.29 is 4.79 Å². The number of carbonyl (C=O) groups is 1. The summed E-state index contributed by atoms with van der Waals surface area (Å²) in [7, 11) is 3.75. The molecule has 1 heterocycles. The summed E-state index contributed by atoms with van der Waals surface area (Å²) in [6.07, 6.45) is 15.0. The van der Waals surface area contributed by atoms with E-state index in [0.29, 0.717) is 13.0 Å². The molecule has 1 aliphatic heterocycles. The number of allylic oxidation sites excluding steroid dienone is 6. The molecule has 0 fully saturated rings. The molecular weight excluding hydrogens is 394 g/mol. The van der Waals surface area contributed by atoms with Gasteiger partial charge in [0.05, 0.1) is 6.54 Å². The zero-order valence-electron chi connectivity index (χ0n) is 20.9. The number of rotatable bonds is 7. The van der Waals surface area contributed by atoms with Crippen LogP contribution in [0, 0.1) is 6.92 Å². The van der Waals surface area contributed by atoms with Crippen molar-refractivity contribution in [1.82, 2.24) is 16.0 Å². The normalized spacial score (nSPS) is 17.2. The second kappa shape index (κ2) is 16.1. The highest BCUT2D eigenvalue weighted by molar-refractivity contribution is 5.91. The second-order valence-corrected chi connectivity index (χ2v) is 7.97. The van der Waals surface area contributed by atoms with Crippen LogP contribution in [0.15, 0.2) is 71.6 Å². The van der Waals surface area contributed by atoms with Crippen LogP contribution in [0.3, 0.4) is 0 Å². The van der Waals surface area contributed by atoms with Crippen LogP contribution < -0.4 is 16.0 Å². The molecule has 0 saturated heterocycles. The lowest BCUT2D eigenvalue weighted by Gasteiger charge is -2.25. The Morgan fingerprint density at radius 1 is 1.09 bits per heavy atom. The molecule has 1 aromatic rings. The molecule has 0 spiro atoms. The Morgan fingerprint density at radius 3 is 2.44 bits per heavy atom. The highest BCUT2D eigenvalue weighted by Crippen LogP contribution is 2.15. The molecule has 3 rings (SSSR count). The molecule has 4 nitrogen and oxygen atoms in total. The summed E-state index contributed by atoms with van der Waals surface area (Å²) >= 11 is 0. The highest BCUT2D eigenvalue weighted by atomic mass is 16.1. The molecule has 0 radical (unpaired) electrons. The van der Waals surface area contributed by atoms with Gasteiger partial charge in [-0.15, -0.1) is 0 Å². The fourth-order valence-corrected chi connectivity index (χ4v) is 3.47. The first kappa shape index (κ1) is 27.4. The van der Waals surface area contributed by atoms with Crippen LogP contribution >= 0.6 is 0 Å². The Kier molecular flexibility index (Phi) is 13.8. The van der Waals surface area contributed by atoms with Gasteiger partial charge in [0.15, 0.2) is 5.78 Å². The maximum Gasteiger partial charge on any atom is 0.159 e. The molecule has 32 heavy (non-hydrogen) atoms. The lowest BCUT2D eigenvalue weighted by atomic mass is 9.97. The van der Waals surface area contributed by atoms with E-state index in [0.717, 1.165) is 37.1 Å². The minimum Gasteiger partial charge on any atom is -0.384 e. The molecule has 1 aliphatic carbocycles. The van der Waals surface area contributed by atoms with Gasteiger partial charge in [-0.05, 0) is 64.4 Å². The number of hydrogen-bond donors (Lipinski definition) is 3. The number of hydrogen-bond acceptors (Lipinski definition) is 4. The van der Waals surface area contributed by atoms with Crippen LogP contribution in [0.2, 0.25) is 0 Å². The summed E-state index contributed by atoms with van der Waals surface area (Å²) in [5.41, 5.74) is 6.12. The molecule has 3 N–H and O–H groups in total. The predicted octanol–water partition coefficient (Wildman–Crippen LogP) is 5.37. The predicted molar refractivity (Wildman–Crippen MR) is 139 cm³/mol. The molecule has 0 bridgehead atoms. The Bertz CT molecular complexity index is 800. The van der Waals surface area contributed by atoms with Crippen LogP contribution in [0.25, 0.3) is 0 Å². The zero-order valence-corrected chi connectivity index (χ0v) is 20.9. The van der Waals surface area contributed by atoms with Crippen LogP contribution in [-0.2, 0) is 11.2 Å². The third-order valence-corrected chi connectivity index (χ3v) is 5.19. The third-order valence-electron chi connectivity index (χ3n) is 5.19. The minimum absolute atomic E-state index is 0.214. The van der Waals surface area contributed by atoms with Gasteiger partial charge in [0.2, 0.25) is 0 Å². The average Bonchev–Trinajstić information content (AvgIpc) is 3.04. The maximum atomic E-state index is 12.1. The van der Waals surface area contributed by atoms with E-state index in [1.54, 1.807) is 6.08 Å². The van der Waals surface area contributed by atoms with Gasteiger partial charge < -0.3 is 16.0 Å². The molecule has 0 amide bonds. The lowest BCUT2D eigenvalue weighted by molar-refractivity contribution is -0.115. The monoisotopic (exact) mass is 437 g/mol. The Labute approximate surface area is 196 Å². The number of ketones is 1. The van der Waals surface area contributed by atoms with Gasteiger partial charge >= 0.3 is 0 Å². The van der Waals surface area contributed by atoms with Crippen molar-refractivity contribution in [2.75, 3.05) is 20.6 Å². The Morgan fingerprint density at radius 2 is 1.78 bits per heavy atom. The highest BCUT2D eigenvalue weighted by Gasteiger charge is 2.19. The Balaban J connectivity index is 0.000000944. The summed E-state index contributed by atoms with van der Waals surface area (Å²) in [6, 6.07) is 8.88. The maximum absolute atomic E-state index is 12.1. The van der Waals surface area contributed by atoms with Crippen LogP contribution in [0.1, 0.15) is 57.6 Å². The summed E-state index contributed by atoms with van der Waals surface area (Å²) in [4.78, 5) is 12.1. The summed E-state index contributed by atoms with van der Waals surface area (Å²) in [6.45, 7) is 8.94. The van der Waals surface area contributed by atoms with E-state index < -0.39 is 0 Å². The van der Waals surface area contributed by atoms with Crippen molar-refractivity contribution in [2.45, 2.75) is 65.8 Å². The quantitative estimate of drug-likeness (QED) is 0.536. The Hall–Kier alpha value is -2.59. The van der Waals surface area contributed by atoms with E-state index in [4.69, 9.17) is 0 Å². The van der Waals surface area contributed by atoms with Gasteiger partial charge in [-0.3, -0.25) is 4.79 Å². The largest absolute Gasteiger partial charge is 0.384 e. The first-order chi connectivity index (χ1) is 15.5. The van der Waals surface area contributed by atoms with E-state index in [1.165, 1.54) is 16.7 Å². The van der Waals surface area contributed by atoms with E-state index in [-0.39, 0.29) is 11.8 Å². The fourth-order valence-electron chi connectivity index (χ4n) is 3.47. The van der Waals surface area contributed by atoms with E-state index in [1.807, 2.05) is 27.9 Å². The van der Waals surface area contributed by atoms with Crippen molar-refractivity contribution in [3.05, 3.63) is 82.7 Å². The standard InChI is InChI=1S/C24H30N2O.C2H7N.C2H6/c1-3-19-5-4-6-21(13-11-19)25-17-23-16-24(27)15-22(26-23)14-12-20-9-7-18(2)8-10-20;1-3-2;1-2/h4,6-11,13,16,22,25-26H,3,5,12,14-15,17H2,1-2H3;3H,1-2H3;1-2H3. The van der Waals surface area contributed by atoms with Crippen molar-refractivity contribution in [3.63, 3.8) is 0 Å². The molecule has 1 unspecified atom stereocenters. The molecule has 1 atom stereocenters. The van der Waals surface area contributed by atoms with E-state index in [9.17, 15) is 4.79 Å². The smallest absolute Gasteiger partial charge is 0.159 e. The fraction of sp³-hybridized carbons (Fsp3) is 0.464. The SMILES string of the molecule is CC.CCC1=CC=C(NCC2=CC(=O)CC(CCc3ccc(C)cc3)N2)C=CC1.CNC.